The number of pyridine rings is 1. The van der Waals surface area contributed by atoms with Crippen LogP contribution in [0.5, 0.6) is 0 Å². The van der Waals surface area contributed by atoms with Gasteiger partial charge < -0.3 is 11.1 Å². The van der Waals surface area contributed by atoms with Gasteiger partial charge in [0.1, 0.15) is 10.8 Å². The molecule has 1 heterocycles. The molecule has 0 spiro atoms. The van der Waals surface area contributed by atoms with Crippen LogP contribution >= 0.6 is 12.2 Å². The molecule has 0 amide bonds. The summed E-state index contributed by atoms with van der Waals surface area (Å²) < 4.78 is 0. The van der Waals surface area contributed by atoms with Gasteiger partial charge in [-0.25, -0.2) is 4.98 Å². The van der Waals surface area contributed by atoms with Crippen LogP contribution in [0.1, 0.15) is 31.2 Å². The van der Waals surface area contributed by atoms with Gasteiger partial charge in [0.15, 0.2) is 0 Å². The fourth-order valence-electron chi connectivity index (χ4n) is 3.28. The minimum absolute atomic E-state index is 0.409. The Kier molecular flexibility index (Phi) is 2.89. The second kappa shape index (κ2) is 4.67. The Morgan fingerprint density at radius 1 is 1.33 bits per heavy atom. The number of anilines is 1. The monoisotopic (exact) mass is 297 g/mol. The average molecular weight is 297 g/mol. The molecule has 4 heteroatoms. The summed E-state index contributed by atoms with van der Waals surface area (Å²) in [6.45, 7) is 0.999. The molecular weight excluding hydrogens is 278 g/mol. The highest BCUT2D eigenvalue weighted by Crippen LogP contribution is 2.61. The molecule has 1 aromatic carbocycles. The first-order valence-corrected chi connectivity index (χ1v) is 8.02. The topological polar surface area (TPSA) is 50.9 Å². The molecule has 0 bridgehead atoms. The summed E-state index contributed by atoms with van der Waals surface area (Å²) in [4.78, 5) is 5.14. The lowest BCUT2D eigenvalue weighted by Crippen LogP contribution is -2.21. The van der Waals surface area contributed by atoms with Crippen molar-refractivity contribution in [1.82, 2.24) is 4.98 Å². The molecule has 0 radical (unpaired) electrons. The molecule has 2 aliphatic rings. The predicted molar refractivity (Wildman–Crippen MR) is 90.5 cm³/mol. The van der Waals surface area contributed by atoms with Crippen molar-refractivity contribution in [3.05, 3.63) is 35.9 Å². The van der Waals surface area contributed by atoms with E-state index >= 15 is 0 Å². The lowest BCUT2D eigenvalue weighted by atomic mass is 10.0. The van der Waals surface area contributed by atoms with E-state index < -0.39 is 0 Å². The molecule has 21 heavy (non-hydrogen) atoms. The zero-order chi connectivity index (χ0) is 14.4. The van der Waals surface area contributed by atoms with Crippen LogP contribution in [-0.2, 0) is 0 Å². The predicted octanol–water partition coefficient (Wildman–Crippen LogP) is 3.47. The molecule has 0 aliphatic heterocycles. The Morgan fingerprint density at radius 2 is 2.10 bits per heavy atom. The van der Waals surface area contributed by atoms with E-state index in [1.165, 1.54) is 25.7 Å². The van der Waals surface area contributed by atoms with Crippen LogP contribution in [0.15, 0.2) is 30.3 Å². The van der Waals surface area contributed by atoms with Gasteiger partial charge >= 0.3 is 0 Å². The zero-order valence-corrected chi connectivity index (χ0v) is 12.7. The van der Waals surface area contributed by atoms with Gasteiger partial charge in [-0.05, 0) is 49.1 Å². The van der Waals surface area contributed by atoms with Crippen molar-refractivity contribution in [2.24, 2.45) is 17.1 Å². The standard InChI is InChI=1S/C17H19N3S/c18-15(21)13-9-11-3-1-2-4-14(11)20-16(13)19-10-17(7-8-17)12-5-6-12/h1-4,9,12H,5-8,10H2,(H2,18,21)(H,19,20). The Labute approximate surface area is 129 Å². The SMILES string of the molecule is NC(=S)c1cc2ccccc2nc1NCC1(C2CC2)CC1. The van der Waals surface area contributed by atoms with E-state index in [0.717, 1.165) is 34.7 Å². The molecule has 4 rings (SSSR count). The quantitative estimate of drug-likeness (QED) is 0.830. The number of hydrogen-bond acceptors (Lipinski definition) is 3. The fraction of sp³-hybridized carbons (Fsp3) is 0.412. The summed E-state index contributed by atoms with van der Waals surface area (Å²) in [7, 11) is 0. The number of aromatic nitrogens is 1. The summed E-state index contributed by atoms with van der Waals surface area (Å²) in [6.07, 6.45) is 5.49. The van der Waals surface area contributed by atoms with Crippen molar-refractivity contribution in [1.29, 1.82) is 0 Å². The van der Waals surface area contributed by atoms with Crippen molar-refractivity contribution in [2.45, 2.75) is 25.7 Å². The Morgan fingerprint density at radius 3 is 2.76 bits per heavy atom. The van der Waals surface area contributed by atoms with E-state index in [1.54, 1.807) is 0 Å². The second-order valence-electron chi connectivity index (χ2n) is 6.43. The Balaban J connectivity index is 1.65. The highest BCUT2D eigenvalue weighted by Gasteiger charge is 2.53. The third-order valence-electron chi connectivity index (χ3n) is 4.93. The van der Waals surface area contributed by atoms with E-state index in [0.29, 0.717) is 10.4 Å². The summed E-state index contributed by atoms with van der Waals surface area (Å²) in [6, 6.07) is 10.1. The third-order valence-corrected chi connectivity index (χ3v) is 5.15. The van der Waals surface area contributed by atoms with Gasteiger partial charge in [-0.15, -0.1) is 0 Å². The summed E-state index contributed by atoms with van der Waals surface area (Å²) >= 11 is 5.20. The van der Waals surface area contributed by atoms with Crippen molar-refractivity contribution in [3.8, 4) is 0 Å². The molecule has 0 saturated heterocycles. The normalized spacial score (nSPS) is 19.4. The molecule has 0 unspecified atom stereocenters. The van der Waals surface area contributed by atoms with Gasteiger partial charge in [0, 0.05) is 11.9 Å². The molecule has 2 fully saturated rings. The second-order valence-corrected chi connectivity index (χ2v) is 6.87. The zero-order valence-electron chi connectivity index (χ0n) is 11.9. The molecule has 3 nitrogen and oxygen atoms in total. The molecule has 0 atom stereocenters. The van der Waals surface area contributed by atoms with Crippen LogP contribution in [-0.4, -0.2) is 16.5 Å². The van der Waals surface area contributed by atoms with Gasteiger partial charge in [-0.1, -0.05) is 30.4 Å². The summed E-state index contributed by atoms with van der Waals surface area (Å²) in [5.74, 6) is 1.77. The molecule has 2 saturated carbocycles. The highest BCUT2D eigenvalue weighted by molar-refractivity contribution is 7.80. The summed E-state index contributed by atoms with van der Waals surface area (Å²) in [5.41, 5.74) is 8.25. The first kappa shape index (κ1) is 13.0. The van der Waals surface area contributed by atoms with E-state index in [4.69, 9.17) is 22.9 Å². The van der Waals surface area contributed by atoms with Gasteiger partial charge in [0.05, 0.1) is 11.1 Å². The number of benzene rings is 1. The van der Waals surface area contributed by atoms with Crippen molar-refractivity contribution >= 4 is 33.9 Å². The number of rotatable bonds is 5. The maximum absolute atomic E-state index is 5.88. The lowest BCUT2D eigenvalue weighted by molar-refractivity contribution is 0.466. The van der Waals surface area contributed by atoms with Gasteiger partial charge in [-0.3, -0.25) is 0 Å². The number of hydrogen-bond donors (Lipinski definition) is 2. The number of nitrogens with two attached hydrogens (primary N) is 1. The minimum Gasteiger partial charge on any atom is -0.389 e. The first-order chi connectivity index (χ1) is 10.2. The minimum atomic E-state index is 0.409. The lowest BCUT2D eigenvalue weighted by Gasteiger charge is -2.17. The molecule has 108 valence electrons. The van der Waals surface area contributed by atoms with Crippen molar-refractivity contribution in [2.75, 3.05) is 11.9 Å². The van der Waals surface area contributed by atoms with Crippen LogP contribution in [0.2, 0.25) is 0 Å². The Bertz CT molecular complexity index is 717. The van der Waals surface area contributed by atoms with E-state index in [9.17, 15) is 0 Å². The van der Waals surface area contributed by atoms with Crippen LogP contribution < -0.4 is 11.1 Å². The largest absolute Gasteiger partial charge is 0.389 e. The van der Waals surface area contributed by atoms with Gasteiger partial charge in [-0.2, -0.15) is 0 Å². The van der Waals surface area contributed by atoms with Crippen molar-refractivity contribution < 1.29 is 0 Å². The van der Waals surface area contributed by atoms with Gasteiger partial charge in [0.25, 0.3) is 0 Å². The maximum atomic E-state index is 5.88. The highest BCUT2D eigenvalue weighted by atomic mass is 32.1. The van der Waals surface area contributed by atoms with Crippen LogP contribution in [0.3, 0.4) is 0 Å². The van der Waals surface area contributed by atoms with Crippen LogP contribution in [0.25, 0.3) is 10.9 Å². The maximum Gasteiger partial charge on any atom is 0.136 e. The molecule has 3 N–H and O–H groups in total. The fourth-order valence-corrected chi connectivity index (χ4v) is 3.44. The van der Waals surface area contributed by atoms with Crippen molar-refractivity contribution in [3.63, 3.8) is 0 Å². The van der Waals surface area contributed by atoms with E-state index in [1.807, 2.05) is 30.3 Å². The molecule has 1 aromatic heterocycles. The number of nitrogens with one attached hydrogen (secondary N) is 1. The third kappa shape index (κ3) is 2.38. The average Bonchev–Trinajstić information content (AvgIpc) is 3.37. The smallest absolute Gasteiger partial charge is 0.136 e. The summed E-state index contributed by atoms with van der Waals surface area (Å²) in [5, 5.41) is 4.61. The number of fused-ring (bicyclic) bond motifs is 1. The molecule has 2 aromatic rings. The number of nitrogens with zero attached hydrogens (tertiary/aromatic N) is 1. The van der Waals surface area contributed by atoms with Crippen LogP contribution in [0, 0.1) is 11.3 Å². The van der Waals surface area contributed by atoms with Crippen LogP contribution in [0.4, 0.5) is 5.82 Å². The molecule has 2 aliphatic carbocycles. The number of para-hydroxylation sites is 1. The van der Waals surface area contributed by atoms with E-state index in [2.05, 4.69) is 5.32 Å². The molecular formula is C17H19N3S. The number of thiocarbonyl (C=S) groups is 1. The van der Waals surface area contributed by atoms with E-state index in [-0.39, 0.29) is 0 Å². The van der Waals surface area contributed by atoms with Gasteiger partial charge in [0.2, 0.25) is 0 Å². The first-order valence-electron chi connectivity index (χ1n) is 7.61. The Hall–Kier alpha value is -1.68.